The maximum absolute atomic E-state index is 5.79. The van der Waals surface area contributed by atoms with Crippen molar-refractivity contribution in [2.75, 3.05) is 0 Å². The van der Waals surface area contributed by atoms with Gasteiger partial charge in [0.25, 0.3) is 0 Å². The third-order valence-electron chi connectivity index (χ3n) is 1.55. The van der Waals surface area contributed by atoms with Gasteiger partial charge in [-0.3, -0.25) is 10.2 Å². The third kappa shape index (κ3) is 1.87. The number of H-pyrrole nitrogens is 2. The Morgan fingerprint density at radius 2 is 2.09 bits per heavy atom. The highest BCUT2D eigenvalue weighted by Gasteiger charge is 2.12. The van der Waals surface area contributed by atoms with Crippen molar-refractivity contribution in [2.45, 2.75) is 19.9 Å². The largest absolute Gasteiger partial charge is 0.321 e. The molecule has 0 radical (unpaired) electrons. The average Bonchev–Trinajstić information content (AvgIpc) is 2.34. The second-order valence-electron chi connectivity index (χ2n) is 2.82. The van der Waals surface area contributed by atoms with E-state index in [9.17, 15) is 0 Å². The number of aromatic nitrogens is 3. The van der Waals surface area contributed by atoms with Gasteiger partial charge in [0.2, 0.25) is 4.77 Å². The van der Waals surface area contributed by atoms with Crippen LogP contribution in [0.2, 0.25) is 0 Å². The molecule has 0 aromatic carbocycles. The summed E-state index contributed by atoms with van der Waals surface area (Å²) in [5.41, 5.74) is 5.79. The van der Waals surface area contributed by atoms with E-state index < -0.39 is 0 Å². The van der Waals surface area contributed by atoms with Gasteiger partial charge in [0.05, 0.1) is 6.04 Å². The Kier molecular flexibility index (Phi) is 2.41. The highest BCUT2D eigenvalue weighted by molar-refractivity contribution is 7.71. The molecule has 0 amide bonds. The smallest absolute Gasteiger partial charge is 0.213 e. The zero-order valence-electron chi connectivity index (χ0n) is 6.59. The first-order chi connectivity index (χ1) is 5.11. The molecule has 62 valence electrons. The van der Waals surface area contributed by atoms with Gasteiger partial charge >= 0.3 is 0 Å². The predicted molar refractivity (Wildman–Crippen MR) is 45.5 cm³/mol. The maximum Gasteiger partial charge on any atom is 0.213 e. The molecule has 4 nitrogen and oxygen atoms in total. The first-order valence-corrected chi connectivity index (χ1v) is 3.92. The van der Waals surface area contributed by atoms with E-state index in [-0.39, 0.29) is 6.04 Å². The van der Waals surface area contributed by atoms with E-state index in [1.807, 2.05) is 13.8 Å². The van der Waals surface area contributed by atoms with Crippen LogP contribution in [-0.4, -0.2) is 15.2 Å². The van der Waals surface area contributed by atoms with Crippen LogP contribution in [0, 0.1) is 10.7 Å². The van der Waals surface area contributed by atoms with Crippen molar-refractivity contribution in [2.24, 2.45) is 11.7 Å². The van der Waals surface area contributed by atoms with Crippen LogP contribution in [0.25, 0.3) is 0 Å². The molecule has 0 aliphatic heterocycles. The summed E-state index contributed by atoms with van der Waals surface area (Å²) in [5.74, 6) is 1.09. The molecule has 1 aromatic heterocycles. The van der Waals surface area contributed by atoms with Crippen molar-refractivity contribution < 1.29 is 0 Å². The summed E-state index contributed by atoms with van der Waals surface area (Å²) >= 11 is 4.79. The van der Waals surface area contributed by atoms with Gasteiger partial charge in [0.1, 0.15) is 5.82 Å². The van der Waals surface area contributed by atoms with Crippen LogP contribution in [0.15, 0.2) is 0 Å². The molecule has 0 spiro atoms. The van der Waals surface area contributed by atoms with E-state index in [0.29, 0.717) is 10.7 Å². The molecule has 4 N–H and O–H groups in total. The number of hydrogen-bond donors (Lipinski definition) is 3. The highest BCUT2D eigenvalue weighted by Crippen LogP contribution is 2.13. The van der Waals surface area contributed by atoms with Crippen molar-refractivity contribution >= 4 is 12.2 Å². The van der Waals surface area contributed by atoms with Crippen LogP contribution in [0.5, 0.6) is 0 Å². The molecule has 11 heavy (non-hydrogen) atoms. The van der Waals surface area contributed by atoms with Crippen LogP contribution in [0.4, 0.5) is 0 Å². The lowest BCUT2D eigenvalue weighted by Gasteiger charge is -2.10. The number of nitrogens with zero attached hydrogens (tertiary/aromatic N) is 1. The van der Waals surface area contributed by atoms with Crippen molar-refractivity contribution in [3.8, 4) is 0 Å². The molecule has 1 rings (SSSR count). The maximum atomic E-state index is 5.79. The van der Waals surface area contributed by atoms with Crippen LogP contribution >= 0.6 is 12.2 Å². The normalized spacial score (nSPS) is 13.8. The molecule has 0 aliphatic carbocycles. The second-order valence-corrected chi connectivity index (χ2v) is 3.21. The Hall–Kier alpha value is -0.680. The minimum absolute atomic E-state index is 0.0667. The Morgan fingerprint density at radius 3 is 2.45 bits per heavy atom. The summed E-state index contributed by atoms with van der Waals surface area (Å²) in [6, 6.07) is -0.0667. The summed E-state index contributed by atoms with van der Waals surface area (Å²) in [6.45, 7) is 4.08. The van der Waals surface area contributed by atoms with Gasteiger partial charge in [-0.25, -0.2) is 4.98 Å². The molecular formula is C6H12N4S. The lowest BCUT2D eigenvalue weighted by molar-refractivity contribution is 0.491. The molecule has 1 heterocycles. The summed E-state index contributed by atoms with van der Waals surface area (Å²) in [5, 5.41) is 5.52. The summed E-state index contributed by atoms with van der Waals surface area (Å²) in [6.07, 6.45) is 0. The minimum Gasteiger partial charge on any atom is -0.321 e. The van der Waals surface area contributed by atoms with Gasteiger partial charge in [0.15, 0.2) is 0 Å². The lowest BCUT2D eigenvalue weighted by Crippen LogP contribution is -2.18. The standard InChI is InChI=1S/C6H12N4S/c1-3(2)4(7)5-8-6(11)10-9-5/h3-4H,7H2,1-2H3,(H2,8,9,10,11). The second kappa shape index (κ2) is 3.15. The molecule has 1 atom stereocenters. The van der Waals surface area contributed by atoms with Gasteiger partial charge in [-0.2, -0.15) is 0 Å². The van der Waals surface area contributed by atoms with E-state index in [2.05, 4.69) is 15.2 Å². The van der Waals surface area contributed by atoms with Crippen LogP contribution in [0.1, 0.15) is 25.7 Å². The van der Waals surface area contributed by atoms with Crippen LogP contribution in [0.3, 0.4) is 0 Å². The quantitative estimate of drug-likeness (QED) is 0.585. The lowest BCUT2D eigenvalue weighted by atomic mass is 10.1. The Morgan fingerprint density at radius 1 is 1.45 bits per heavy atom. The van der Waals surface area contributed by atoms with Crippen LogP contribution < -0.4 is 5.73 Å². The Balaban J connectivity index is 2.84. The Bertz CT molecular complexity index is 274. The summed E-state index contributed by atoms with van der Waals surface area (Å²) < 4.78 is 0.455. The van der Waals surface area contributed by atoms with Crippen molar-refractivity contribution in [1.82, 2.24) is 15.2 Å². The van der Waals surface area contributed by atoms with E-state index in [1.54, 1.807) is 0 Å². The fraction of sp³-hybridized carbons (Fsp3) is 0.667. The van der Waals surface area contributed by atoms with E-state index in [4.69, 9.17) is 18.0 Å². The Labute approximate surface area is 70.2 Å². The van der Waals surface area contributed by atoms with E-state index >= 15 is 0 Å². The zero-order chi connectivity index (χ0) is 8.43. The van der Waals surface area contributed by atoms with Gasteiger partial charge in [0, 0.05) is 0 Å². The van der Waals surface area contributed by atoms with E-state index in [0.717, 1.165) is 5.82 Å². The summed E-state index contributed by atoms with van der Waals surface area (Å²) in [7, 11) is 0. The first-order valence-electron chi connectivity index (χ1n) is 3.51. The molecule has 0 aliphatic rings. The predicted octanol–water partition coefficient (Wildman–Crippen LogP) is 1.12. The minimum atomic E-state index is -0.0667. The fourth-order valence-electron chi connectivity index (χ4n) is 0.756. The number of nitrogens with two attached hydrogens (primary N) is 1. The number of nitrogens with one attached hydrogen (secondary N) is 2. The van der Waals surface area contributed by atoms with Crippen molar-refractivity contribution in [1.29, 1.82) is 0 Å². The van der Waals surface area contributed by atoms with E-state index in [1.165, 1.54) is 0 Å². The molecule has 5 heteroatoms. The molecular weight excluding hydrogens is 160 g/mol. The average molecular weight is 172 g/mol. The molecule has 0 bridgehead atoms. The molecule has 1 unspecified atom stereocenters. The SMILES string of the molecule is CC(C)C(N)c1nc(=S)[nH][nH]1. The van der Waals surface area contributed by atoms with Gasteiger partial charge in [-0.1, -0.05) is 13.8 Å². The monoisotopic (exact) mass is 172 g/mol. The molecule has 0 saturated heterocycles. The third-order valence-corrected chi connectivity index (χ3v) is 1.75. The summed E-state index contributed by atoms with van der Waals surface area (Å²) in [4.78, 5) is 4.01. The molecule has 1 aromatic rings. The zero-order valence-corrected chi connectivity index (χ0v) is 7.40. The number of aromatic amines is 2. The highest BCUT2D eigenvalue weighted by atomic mass is 32.1. The molecule has 0 fully saturated rings. The topological polar surface area (TPSA) is 70.5 Å². The number of rotatable bonds is 2. The van der Waals surface area contributed by atoms with Gasteiger partial charge < -0.3 is 5.73 Å². The van der Waals surface area contributed by atoms with Gasteiger partial charge in [-0.05, 0) is 18.1 Å². The number of hydrogen-bond acceptors (Lipinski definition) is 3. The van der Waals surface area contributed by atoms with Gasteiger partial charge in [-0.15, -0.1) is 0 Å². The van der Waals surface area contributed by atoms with Crippen molar-refractivity contribution in [3.63, 3.8) is 0 Å². The first kappa shape index (κ1) is 8.42. The van der Waals surface area contributed by atoms with Crippen molar-refractivity contribution in [3.05, 3.63) is 10.6 Å². The fourth-order valence-corrected chi connectivity index (χ4v) is 0.906. The van der Waals surface area contributed by atoms with Crippen LogP contribution in [-0.2, 0) is 0 Å². The molecule has 0 saturated carbocycles.